The Balaban J connectivity index is 1.45. The van der Waals surface area contributed by atoms with Gasteiger partial charge in [-0.05, 0) is 65.5 Å². The standard InChI is InChI=1S/C17H31N3O2/c1-17(2,3)22-16(21)20(14-4-5-14)11-8-18-15-12-19-9-6-13(15)7-10-19/h13-15,18H,4-12H2,1-3H3. The van der Waals surface area contributed by atoms with Crippen molar-refractivity contribution in [3.8, 4) is 0 Å². The van der Waals surface area contributed by atoms with E-state index in [4.69, 9.17) is 4.74 Å². The summed E-state index contributed by atoms with van der Waals surface area (Å²) in [5.41, 5.74) is -0.409. The van der Waals surface area contributed by atoms with E-state index in [9.17, 15) is 4.79 Å². The van der Waals surface area contributed by atoms with Crippen LogP contribution in [-0.4, -0.2) is 66.3 Å². The van der Waals surface area contributed by atoms with Crippen LogP contribution < -0.4 is 5.32 Å². The molecule has 3 heterocycles. The summed E-state index contributed by atoms with van der Waals surface area (Å²) in [6, 6.07) is 1.02. The minimum Gasteiger partial charge on any atom is -0.444 e. The highest BCUT2D eigenvalue weighted by Gasteiger charge is 2.36. The second kappa shape index (κ2) is 6.36. The van der Waals surface area contributed by atoms with Crippen molar-refractivity contribution < 1.29 is 9.53 Å². The average Bonchev–Trinajstić information content (AvgIpc) is 3.27. The molecule has 1 aliphatic carbocycles. The molecule has 5 nitrogen and oxygen atoms in total. The van der Waals surface area contributed by atoms with Gasteiger partial charge >= 0.3 is 6.09 Å². The van der Waals surface area contributed by atoms with Gasteiger partial charge < -0.3 is 19.9 Å². The van der Waals surface area contributed by atoms with Crippen LogP contribution in [0.3, 0.4) is 0 Å². The maximum Gasteiger partial charge on any atom is 0.410 e. The molecule has 22 heavy (non-hydrogen) atoms. The molecule has 3 saturated heterocycles. The lowest BCUT2D eigenvalue weighted by atomic mass is 9.84. The van der Waals surface area contributed by atoms with Crippen LogP contribution in [0.25, 0.3) is 0 Å². The third kappa shape index (κ3) is 4.13. The first kappa shape index (κ1) is 16.1. The lowest BCUT2D eigenvalue weighted by Crippen LogP contribution is -2.57. The number of hydrogen-bond donors (Lipinski definition) is 1. The van der Waals surface area contributed by atoms with E-state index in [0.717, 1.165) is 31.8 Å². The quantitative estimate of drug-likeness (QED) is 0.844. The molecule has 1 saturated carbocycles. The van der Waals surface area contributed by atoms with Crippen LogP contribution in [0, 0.1) is 5.92 Å². The number of nitrogens with zero attached hydrogens (tertiary/aromatic N) is 2. The van der Waals surface area contributed by atoms with Gasteiger partial charge in [0.2, 0.25) is 0 Å². The van der Waals surface area contributed by atoms with E-state index in [-0.39, 0.29) is 6.09 Å². The SMILES string of the molecule is CC(C)(C)OC(=O)N(CCNC1CN2CCC1CC2)C1CC1. The molecule has 0 aromatic carbocycles. The smallest absolute Gasteiger partial charge is 0.410 e. The summed E-state index contributed by atoms with van der Waals surface area (Å²) < 4.78 is 5.54. The summed E-state index contributed by atoms with van der Waals surface area (Å²) in [6.45, 7) is 11.2. The Morgan fingerprint density at radius 1 is 1.23 bits per heavy atom. The van der Waals surface area contributed by atoms with Crippen molar-refractivity contribution in [3.05, 3.63) is 0 Å². The molecule has 0 aromatic heterocycles. The molecule has 1 unspecified atom stereocenters. The van der Waals surface area contributed by atoms with Gasteiger partial charge in [-0.2, -0.15) is 0 Å². The van der Waals surface area contributed by atoms with E-state index in [1.807, 2.05) is 25.7 Å². The van der Waals surface area contributed by atoms with Crippen LogP contribution in [0.2, 0.25) is 0 Å². The molecule has 4 aliphatic rings. The van der Waals surface area contributed by atoms with E-state index in [2.05, 4.69) is 10.2 Å². The van der Waals surface area contributed by atoms with Crippen LogP contribution in [-0.2, 0) is 4.74 Å². The Kier molecular flexibility index (Phi) is 4.64. The number of hydrogen-bond acceptors (Lipinski definition) is 4. The number of carbonyl (C=O) groups excluding carboxylic acids is 1. The van der Waals surface area contributed by atoms with Crippen LogP contribution >= 0.6 is 0 Å². The van der Waals surface area contributed by atoms with E-state index in [1.54, 1.807) is 0 Å². The van der Waals surface area contributed by atoms with Crippen molar-refractivity contribution in [1.82, 2.24) is 15.1 Å². The Labute approximate surface area is 134 Å². The first-order chi connectivity index (χ1) is 10.4. The van der Waals surface area contributed by atoms with Crippen molar-refractivity contribution in [2.45, 2.75) is 64.1 Å². The van der Waals surface area contributed by atoms with Gasteiger partial charge in [0.1, 0.15) is 5.60 Å². The zero-order valence-electron chi connectivity index (χ0n) is 14.3. The fraction of sp³-hybridized carbons (Fsp3) is 0.941. The number of carbonyl (C=O) groups is 1. The Morgan fingerprint density at radius 3 is 2.41 bits per heavy atom. The maximum absolute atomic E-state index is 12.3. The predicted octanol–water partition coefficient (Wildman–Crippen LogP) is 2.07. The van der Waals surface area contributed by atoms with Gasteiger partial charge in [-0.25, -0.2) is 4.79 Å². The van der Waals surface area contributed by atoms with E-state index in [1.165, 1.54) is 32.5 Å². The van der Waals surface area contributed by atoms with E-state index in [0.29, 0.717) is 12.1 Å². The second-order valence-corrected chi connectivity index (χ2v) is 8.10. The highest BCUT2D eigenvalue weighted by Crippen LogP contribution is 2.29. The van der Waals surface area contributed by atoms with Crippen LogP contribution in [0.15, 0.2) is 0 Å². The van der Waals surface area contributed by atoms with Gasteiger partial charge in [-0.1, -0.05) is 0 Å². The summed E-state index contributed by atoms with van der Waals surface area (Å²) in [6.07, 6.45) is 4.76. The van der Waals surface area contributed by atoms with Gasteiger partial charge in [0.15, 0.2) is 0 Å². The van der Waals surface area contributed by atoms with E-state index >= 15 is 0 Å². The minimum absolute atomic E-state index is 0.147. The Bertz CT molecular complexity index is 395. The molecule has 3 aliphatic heterocycles. The monoisotopic (exact) mass is 309 g/mol. The molecule has 0 radical (unpaired) electrons. The number of fused-ring (bicyclic) bond motifs is 3. The van der Waals surface area contributed by atoms with Crippen LogP contribution in [0.1, 0.15) is 46.5 Å². The summed E-state index contributed by atoms with van der Waals surface area (Å²) in [7, 11) is 0. The molecule has 1 N–H and O–H groups in total. The number of piperidine rings is 3. The van der Waals surface area contributed by atoms with Gasteiger partial charge in [-0.3, -0.25) is 0 Å². The normalized spacial score (nSPS) is 31.1. The van der Waals surface area contributed by atoms with Gasteiger partial charge in [-0.15, -0.1) is 0 Å². The summed E-state index contributed by atoms with van der Waals surface area (Å²) in [5.74, 6) is 0.834. The molecule has 126 valence electrons. The highest BCUT2D eigenvalue weighted by atomic mass is 16.6. The van der Waals surface area contributed by atoms with E-state index < -0.39 is 5.60 Å². The average molecular weight is 309 g/mol. The highest BCUT2D eigenvalue weighted by molar-refractivity contribution is 5.69. The molecule has 1 atom stereocenters. The maximum atomic E-state index is 12.3. The molecule has 4 rings (SSSR count). The van der Waals surface area contributed by atoms with Crippen LogP contribution in [0.5, 0.6) is 0 Å². The van der Waals surface area contributed by atoms with Gasteiger partial charge in [0, 0.05) is 31.7 Å². The fourth-order valence-electron chi connectivity index (χ4n) is 3.70. The third-order valence-corrected chi connectivity index (χ3v) is 5.03. The molecule has 5 heteroatoms. The Hall–Kier alpha value is -0.810. The minimum atomic E-state index is -0.409. The first-order valence-corrected chi connectivity index (χ1v) is 8.88. The zero-order valence-corrected chi connectivity index (χ0v) is 14.3. The third-order valence-electron chi connectivity index (χ3n) is 5.03. The number of rotatable bonds is 5. The molecule has 0 spiro atoms. The second-order valence-electron chi connectivity index (χ2n) is 8.10. The number of amides is 1. The molecule has 2 bridgehead atoms. The van der Waals surface area contributed by atoms with Crippen molar-refractivity contribution >= 4 is 6.09 Å². The topological polar surface area (TPSA) is 44.8 Å². The van der Waals surface area contributed by atoms with Crippen molar-refractivity contribution in [2.24, 2.45) is 5.92 Å². The number of ether oxygens (including phenoxy) is 1. The predicted molar refractivity (Wildman–Crippen MR) is 86.9 cm³/mol. The largest absolute Gasteiger partial charge is 0.444 e. The fourth-order valence-corrected chi connectivity index (χ4v) is 3.70. The lowest BCUT2D eigenvalue weighted by Gasteiger charge is -2.45. The molecule has 1 amide bonds. The number of nitrogens with one attached hydrogen (secondary N) is 1. The summed E-state index contributed by atoms with van der Waals surface area (Å²) in [5, 5.41) is 3.69. The van der Waals surface area contributed by atoms with Gasteiger partial charge in [0.05, 0.1) is 0 Å². The molecule has 0 aromatic rings. The first-order valence-electron chi connectivity index (χ1n) is 8.88. The molecular weight excluding hydrogens is 278 g/mol. The zero-order chi connectivity index (χ0) is 15.7. The van der Waals surface area contributed by atoms with Crippen molar-refractivity contribution in [1.29, 1.82) is 0 Å². The molecule has 4 fully saturated rings. The van der Waals surface area contributed by atoms with Crippen molar-refractivity contribution in [2.75, 3.05) is 32.7 Å². The Morgan fingerprint density at radius 2 is 1.91 bits per heavy atom. The summed E-state index contributed by atoms with van der Waals surface area (Å²) >= 11 is 0. The van der Waals surface area contributed by atoms with Gasteiger partial charge in [0.25, 0.3) is 0 Å². The van der Waals surface area contributed by atoms with Crippen LogP contribution in [0.4, 0.5) is 4.79 Å². The molecular formula is C17H31N3O2. The van der Waals surface area contributed by atoms with Crippen molar-refractivity contribution in [3.63, 3.8) is 0 Å². The summed E-state index contributed by atoms with van der Waals surface area (Å²) in [4.78, 5) is 16.8. The lowest BCUT2D eigenvalue weighted by molar-refractivity contribution is 0.0224.